The molecule has 0 spiro atoms. The van der Waals surface area contributed by atoms with Gasteiger partial charge in [-0.3, -0.25) is 15.1 Å². The van der Waals surface area contributed by atoms with Crippen molar-refractivity contribution in [1.82, 2.24) is 0 Å². The molecule has 0 fully saturated rings. The first-order valence-electron chi connectivity index (χ1n) is 9.35. The van der Waals surface area contributed by atoms with Gasteiger partial charge in [0, 0.05) is 29.1 Å². The molecule has 0 amide bonds. The van der Waals surface area contributed by atoms with Crippen LogP contribution in [0.25, 0.3) is 0 Å². The molecule has 0 radical (unpaired) electrons. The van der Waals surface area contributed by atoms with Crippen LogP contribution >= 0.6 is 11.6 Å². The number of ether oxygens (including phenoxy) is 2. The molecule has 0 saturated heterocycles. The molecule has 0 bridgehead atoms. The van der Waals surface area contributed by atoms with Crippen LogP contribution in [-0.2, 0) is 0 Å². The smallest absolute Gasteiger partial charge is 0.269 e. The van der Waals surface area contributed by atoms with Crippen LogP contribution in [0.1, 0.15) is 23.6 Å². The molecule has 2 aliphatic heterocycles. The number of nitro groups is 1. The number of rotatable bonds is 4. The van der Waals surface area contributed by atoms with E-state index < -0.39 is 4.92 Å². The molecule has 1 unspecified atom stereocenters. The molecule has 5 rings (SSSR count). The van der Waals surface area contributed by atoms with Gasteiger partial charge in [0.2, 0.25) is 6.79 Å². The van der Waals surface area contributed by atoms with E-state index in [-0.39, 0.29) is 18.5 Å². The van der Waals surface area contributed by atoms with E-state index in [4.69, 9.17) is 26.2 Å². The zero-order chi connectivity index (χ0) is 20.7. The lowest BCUT2D eigenvalue weighted by atomic mass is 9.97. The third kappa shape index (κ3) is 3.33. The van der Waals surface area contributed by atoms with E-state index in [1.807, 2.05) is 47.5 Å². The predicted molar refractivity (Wildman–Crippen MR) is 113 cm³/mol. The Labute approximate surface area is 177 Å². The molecule has 30 heavy (non-hydrogen) atoms. The Morgan fingerprint density at radius 2 is 1.83 bits per heavy atom. The average molecular weight is 422 g/mol. The summed E-state index contributed by atoms with van der Waals surface area (Å²) in [6, 6.07) is 19.7. The second-order valence-electron chi connectivity index (χ2n) is 7.01. The second kappa shape index (κ2) is 7.35. The SMILES string of the molecule is O=[N+]([O-])c1ccc(C2CC(c3ccc4c(c3)OCO4)=NN2c2cccc(Cl)c2)cc1. The molecule has 0 saturated carbocycles. The number of non-ortho nitro benzene ring substituents is 1. The number of hydrogen-bond acceptors (Lipinski definition) is 6. The molecule has 2 heterocycles. The lowest BCUT2D eigenvalue weighted by Gasteiger charge is -2.24. The fourth-order valence-electron chi connectivity index (χ4n) is 3.70. The van der Waals surface area contributed by atoms with Crippen LogP contribution in [0.3, 0.4) is 0 Å². The summed E-state index contributed by atoms with van der Waals surface area (Å²) in [6.45, 7) is 0.214. The van der Waals surface area contributed by atoms with Gasteiger partial charge in [0.25, 0.3) is 5.69 Å². The monoisotopic (exact) mass is 421 g/mol. The summed E-state index contributed by atoms with van der Waals surface area (Å²) in [5.74, 6) is 1.42. The first-order chi connectivity index (χ1) is 14.6. The zero-order valence-corrected chi connectivity index (χ0v) is 16.5. The van der Waals surface area contributed by atoms with E-state index in [0.717, 1.165) is 28.3 Å². The van der Waals surface area contributed by atoms with Gasteiger partial charge in [-0.15, -0.1) is 0 Å². The van der Waals surface area contributed by atoms with Gasteiger partial charge < -0.3 is 9.47 Å². The summed E-state index contributed by atoms with van der Waals surface area (Å²) in [5, 5.41) is 18.4. The van der Waals surface area contributed by atoms with Gasteiger partial charge in [0.05, 0.1) is 22.4 Å². The minimum atomic E-state index is -0.401. The summed E-state index contributed by atoms with van der Waals surface area (Å²) in [4.78, 5) is 10.6. The maximum absolute atomic E-state index is 11.0. The van der Waals surface area contributed by atoms with Crippen molar-refractivity contribution in [3.8, 4) is 11.5 Å². The Hall–Kier alpha value is -3.58. The molecule has 150 valence electrons. The summed E-state index contributed by atoms with van der Waals surface area (Å²) in [6.07, 6.45) is 0.629. The molecule has 3 aromatic rings. The highest BCUT2D eigenvalue weighted by Gasteiger charge is 2.31. The minimum absolute atomic E-state index is 0.0583. The fourth-order valence-corrected chi connectivity index (χ4v) is 3.88. The molecule has 1 atom stereocenters. The first kappa shape index (κ1) is 18.4. The molecule has 0 aromatic heterocycles. The van der Waals surface area contributed by atoms with Crippen LogP contribution in [0.4, 0.5) is 11.4 Å². The molecule has 7 nitrogen and oxygen atoms in total. The number of halogens is 1. The van der Waals surface area contributed by atoms with Crippen molar-refractivity contribution in [1.29, 1.82) is 0 Å². The van der Waals surface area contributed by atoms with E-state index in [9.17, 15) is 10.1 Å². The number of benzene rings is 3. The predicted octanol–water partition coefficient (Wildman–Crippen LogP) is 5.33. The first-order valence-corrected chi connectivity index (χ1v) is 9.73. The van der Waals surface area contributed by atoms with Crippen molar-refractivity contribution in [3.63, 3.8) is 0 Å². The molecule has 8 heteroatoms. The number of hydrazone groups is 1. The summed E-state index contributed by atoms with van der Waals surface area (Å²) in [5.41, 5.74) is 3.66. The molecular formula is C22H16ClN3O4. The Kier molecular flexibility index (Phi) is 4.52. The van der Waals surface area contributed by atoms with Gasteiger partial charge in [-0.2, -0.15) is 5.10 Å². The van der Waals surface area contributed by atoms with Gasteiger partial charge >= 0.3 is 0 Å². The maximum Gasteiger partial charge on any atom is 0.269 e. The number of nitrogens with zero attached hydrogens (tertiary/aromatic N) is 3. The van der Waals surface area contributed by atoms with Crippen LogP contribution in [0.2, 0.25) is 5.02 Å². The molecule has 3 aromatic carbocycles. The average Bonchev–Trinajstić information content (AvgIpc) is 3.40. The van der Waals surface area contributed by atoms with Crippen molar-refractivity contribution in [2.24, 2.45) is 5.10 Å². The number of anilines is 1. The second-order valence-corrected chi connectivity index (χ2v) is 7.44. The summed E-state index contributed by atoms with van der Waals surface area (Å²) < 4.78 is 10.9. The molecule has 0 N–H and O–H groups in total. The van der Waals surface area contributed by atoms with Crippen LogP contribution in [0.15, 0.2) is 71.8 Å². The highest BCUT2D eigenvalue weighted by Crippen LogP contribution is 2.39. The number of hydrogen-bond donors (Lipinski definition) is 0. The van der Waals surface area contributed by atoms with Crippen LogP contribution in [-0.4, -0.2) is 17.4 Å². The van der Waals surface area contributed by atoms with E-state index in [0.29, 0.717) is 17.2 Å². The highest BCUT2D eigenvalue weighted by molar-refractivity contribution is 6.30. The summed E-state index contributed by atoms with van der Waals surface area (Å²) >= 11 is 6.21. The molecule has 0 aliphatic carbocycles. The van der Waals surface area contributed by atoms with Gasteiger partial charge in [-0.05, 0) is 42.0 Å². The van der Waals surface area contributed by atoms with Crippen molar-refractivity contribution in [3.05, 3.63) is 93.0 Å². The zero-order valence-electron chi connectivity index (χ0n) is 15.7. The third-order valence-corrected chi connectivity index (χ3v) is 5.41. The highest BCUT2D eigenvalue weighted by atomic mass is 35.5. The lowest BCUT2D eigenvalue weighted by molar-refractivity contribution is -0.384. The normalized spacial score (nSPS) is 17.2. The van der Waals surface area contributed by atoms with Gasteiger partial charge in [-0.1, -0.05) is 29.8 Å². The van der Waals surface area contributed by atoms with Gasteiger partial charge in [0.1, 0.15) is 0 Å². The quantitative estimate of drug-likeness (QED) is 0.420. The molecule has 2 aliphatic rings. The Bertz CT molecular complexity index is 1160. The Balaban J connectivity index is 1.54. The Morgan fingerprint density at radius 1 is 1.03 bits per heavy atom. The van der Waals surface area contributed by atoms with Crippen LogP contribution < -0.4 is 14.5 Å². The van der Waals surface area contributed by atoms with Gasteiger partial charge in [0.15, 0.2) is 11.5 Å². The molecular weight excluding hydrogens is 406 g/mol. The van der Waals surface area contributed by atoms with Crippen molar-refractivity contribution >= 4 is 28.7 Å². The third-order valence-electron chi connectivity index (χ3n) is 5.18. The van der Waals surface area contributed by atoms with E-state index in [1.165, 1.54) is 12.1 Å². The van der Waals surface area contributed by atoms with Crippen molar-refractivity contribution in [2.75, 3.05) is 11.8 Å². The topological polar surface area (TPSA) is 77.2 Å². The standard InChI is InChI=1S/C22H16ClN3O4/c23-16-2-1-3-18(11-16)25-20(14-4-7-17(8-5-14)26(27)28)12-19(24-25)15-6-9-21-22(10-15)30-13-29-21/h1-11,20H,12-13H2. The fraction of sp³-hybridized carbons (Fsp3) is 0.136. The van der Waals surface area contributed by atoms with Gasteiger partial charge in [-0.25, -0.2) is 0 Å². The van der Waals surface area contributed by atoms with Crippen LogP contribution in [0.5, 0.6) is 11.5 Å². The van der Waals surface area contributed by atoms with E-state index in [2.05, 4.69) is 0 Å². The van der Waals surface area contributed by atoms with E-state index >= 15 is 0 Å². The Morgan fingerprint density at radius 3 is 2.60 bits per heavy atom. The van der Waals surface area contributed by atoms with Crippen molar-refractivity contribution in [2.45, 2.75) is 12.5 Å². The number of nitro benzene ring substituents is 1. The van der Waals surface area contributed by atoms with Crippen molar-refractivity contribution < 1.29 is 14.4 Å². The maximum atomic E-state index is 11.0. The number of fused-ring (bicyclic) bond motifs is 1. The van der Waals surface area contributed by atoms with E-state index in [1.54, 1.807) is 12.1 Å². The minimum Gasteiger partial charge on any atom is -0.454 e. The lowest BCUT2D eigenvalue weighted by Crippen LogP contribution is -2.18. The van der Waals surface area contributed by atoms with Crippen LogP contribution in [0, 0.1) is 10.1 Å². The largest absolute Gasteiger partial charge is 0.454 e. The summed E-state index contributed by atoms with van der Waals surface area (Å²) in [7, 11) is 0.